The lowest BCUT2D eigenvalue weighted by Crippen LogP contribution is -2.16. The molecule has 2 rings (SSSR count). The number of aryl methyl sites for hydroxylation is 1. The van der Waals surface area contributed by atoms with Crippen LogP contribution in [0, 0.1) is 11.3 Å². The van der Waals surface area contributed by atoms with E-state index in [1.165, 1.54) is 10.9 Å². The molecule has 0 fully saturated rings. The second-order valence-corrected chi connectivity index (χ2v) is 4.84. The Morgan fingerprint density at radius 2 is 2.00 bits per heavy atom. The number of benzene rings is 1. The van der Waals surface area contributed by atoms with Gasteiger partial charge >= 0.3 is 0 Å². The van der Waals surface area contributed by atoms with Crippen molar-refractivity contribution in [2.45, 2.75) is 12.8 Å². The van der Waals surface area contributed by atoms with E-state index in [0.29, 0.717) is 17.1 Å². The highest BCUT2D eigenvalue weighted by Crippen LogP contribution is 2.15. The van der Waals surface area contributed by atoms with E-state index >= 15 is 0 Å². The van der Waals surface area contributed by atoms with Gasteiger partial charge in [0.1, 0.15) is 23.2 Å². The van der Waals surface area contributed by atoms with Gasteiger partial charge in [0.2, 0.25) is 5.91 Å². The number of ketones is 1. The first-order valence-electron chi connectivity index (χ1n) is 6.94. The molecule has 0 aliphatic heterocycles. The van der Waals surface area contributed by atoms with Gasteiger partial charge in [-0.1, -0.05) is 0 Å². The zero-order valence-corrected chi connectivity index (χ0v) is 12.9. The number of amides is 1. The van der Waals surface area contributed by atoms with Gasteiger partial charge in [-0.05, 0) is 24.3 Å². The van der Waals surface area contributed by atoms with Gasteiger partial charge in [0.25, 0.3) is 0 Å². The lowest BCUT2D eigenvalue weighted by Gasteiger charge is -2.06. The molecule has 1 heterocycles. The Hall–Kier alpha value is -3.14. The van der Waals surface area contributed by atoms with E-state index in [1.807, 2.05) is 6.07 Å². The van der Waals surface area contributed by atoms with Gasteiger partial charge in [0.05, 0.1) is 13.3 Å². The number of hydrogen-bond donors (Lipinski definition) is 1. The van der Waals surface area contributed by atoms with Crippen molar-refractivity contribution in [3.05, 3.63) is 41.6 Å². The summed E-state index contributed by atoms with van der Waals surface area (Å²) in [6.45, 7) is 0. The van der Waals surface area contributed by atoms with Crippen molar-refractivity contribution in [2.75, 3.05) is 12.4 Å². The third-order valence-electron chi connectivity index (χ3n) is 3.31. The highest BCUT2D eigenvalue weighted by atomic mass is 16.5. The zero-order chi connectivity index (χ0) is 16.8. The molecule has 0 saturated carbocycles. The number of ether oxygens (including phenoxy) is 1. The fourth-order valence-electron chi connectivity index (χ4n) is 2.01. The van der Waals surface area contributed by atoms with Crippen molar-refractivity contribution in [1.29, 1.82) is 5.26 Å². The first kappa shape index (κ1) is 16.2. The molecule has 0 atom stereocenters. The fraction of sp³-hybridized carbons (Fsp3) is 0.250. The van der Waals surface area contributed by atoms with E-state index < -0.39 is 0 Å². The summed E-state index contributed by atoms with van der Waals surface area (Å²) in [5, 5.41) is 15.4. The number of methoxy groups -OCH3 is 1. The predicted molar refractivity (Wildman–Crippen MR) is 83.1 cm³/mol. The highest BCUT2D eigenvalue weighted by molar-refractivity contribution is 6.00. The van der Waals surface area contributed by atoms with Gasteiger partial charge in [0.15, 0.2) is 5.78 Å². The fourth-order valence-corrected chi connectivity index (χ4v) is 2.01. The third-order valence-corrected chi connectivity index (χ3v) is 3.31. The van der Waals surface area contributed by atoms with Crippen LogP contribution in [0.25, 0.3) is 0 Å². The van der Waals surface area contributed by atoms with Gasteiger partial charge in [-0.3, -0.25) is 14.3 Å². The monoisotopic (exact) mass is 312 g/mol. The second-order valence-electron chi connectivity index (χ2n) is 4.84. The average Bonchev–Trinajstić information content (AvgIpc) is 2.92. The molecule has 23 heavy (non-hydrogen) atoms. The Morgan fingerprint density at radius 1 is 1.30 bits per heavy atom. The molecule has 1 amide bonds. The summed E-state index contributed by atoms with van der Waals surface area (Å²) in [4.78, 5) is 24.0. The topological polar surface area (TPSA) is 97.0 Å². The molecule has 0 aliphatic rings. The SMILES string of the molecule is COc1ccc(C(=O)CCC(=O)Nc2c(C#N)cnn2C)cc1. The molecule has 0 saturated heterocycles. The molecular weight excluding hydrogens is 296 g/mol. The van der Waals surface area contributed by atoms with Crippen LogP contribution in [0.1, 0.15) is 28.8 Å². The quantitative estimate of drug-likeness (QED) is 0.822. The van der Waals surface area contributed by atoms with Crippen molar-refractivity contribution in [3.63, 3.8) is 0 Å². The van der Waals surface area contributed by atoms with E-state index in [-0.39, 0.29) is 30.1 Å². The number of nitrogens with one attached hydrogen (secondary N) is 1. The molecule has 118 valence electrons. The van der Waals surface area contributed by atoms with Crippen LogP contribution in [0.2, 0.25) is 0 Å². The normalized spacial score (nSPS) is 9.96. The summed E-state index contributed by atoms with van der Waals surface area (Å²) < 4.78 is 6.43. The van der Waals surface area contributed by atoms with Crippen molar-refractivity contribution in [1.82, 2.24) is 9.78 Å². The number of nitriles is 1. The maximum atomic E-state index is 12.1. The summed E-state index contributed by atoms with van der Waals surface area (Å²) in [6.07, 6.45) is 1.48. The number of Topliss-reactive ketones (excluding diaryl/α,β-unsaturated/α-hetero) is 1. The summed E-state index contributed by atoms with van der Waals surface area (Å²) in [5.41, 5.74) is 0.805. The molecule has 2 aromatic rings. The van der Waals surface area contributed by atoms with Crippen molar-refractivity contribution < 1.29 is 14.3 Å². The Morgan fingerprint density at radius 3 is 2.61 bits per heavy atom. The highest BCUT2D eigenvalue weighted by Gasteiger charge is 2.13. The van der Waals surface area contributed by atoms with Gasteiger partial charge < -0.3 is 10.1 Å². The molecule has 1 aromatic carbocycles. The average molecular weight is 312 g/mol. The molecule has 1 N–H and O–H groups in total. The molecule has 0 spiro atoms. The number of carbonyl (C=O) groups is 2. The molecular formula is C16H16N4O3. The van der Waals surface area contributed by atoms with E-state index in [4.69, 9.17) is 10.00 Å². The van der Waals surface area contributed by atoms with Gasteiger partial charge in [-0.15, -0.1) is 0 Å². The van der Waals surface area contributed by atoms with Crippen LogP contribution in [0.5, 0.6) is 5.75 Å². The first-order chi connectivity index (χ1) is 11.0. The van der Waals surface area contributed by atoms with Crippen molar-refractivity contribution in [3.8, 4) is 11.8 Å². The standard InChI is InChI=1S/C16H16N4O3/c1-20-16(12(9-17)10-18-20)19-15(22)8-7-14(21)11-3-5-13(23-2)6-4-11/h3-6,10H,7-8H2,1-2H3,(H,19,22). The molecule has 0 unspecified atom stereocenters. The predicted octanol–water partition coefficient (Wildman–Crippen LogP) is 1.90. The number of nitrogens with zero attached hydrogens (tertiary/aromatic N) is 3. The Labute approximate surface area is 133 Å². The van der Waals surface area contributed by atoms with Gasteiger partial charge in [-0.25, -0.2) is 0 Å². The molecule has 0 radical (unpaired) electrons. The number of hydrogen-bond acceptors (Lipinski definition) is 5. The van der Waals surface area contributed by atoms with Crippen LogP contribution in [-0.4, -0.2) is 28.6 Å². The van der Waals surface area contributed by atoms with Gasteiger partial charge in [-0.2, -0.15) is 10.4 Å². The molecule has 0 bridgehead atoms. The van der Waals surface area contributed by atoms with Gasteiger partial charge in [0, 0.05) is 25.5 Å². The summed E-state index contributed by atoms with van der Waals surface area (Å²) in [5.74, 6) is 0.522. The first-order valence-corrected chi connectivity index (χ1v) is 6.94. The molecule has 7 nitrogen and oxygen atoms in total. The van der Waals surface area contributed by atoms with Crippen LogP contribution >= 0.6 is 0 Å². The van der Waals surface area contributed by atoms with E-state index in [2.05, 4.69) is 10.4 Å². The molecule has 0 aliphatic carbocycles. The Kier molecular flexibility index (Phi) is 5.10. The minimum atomic E-state index is -0.341. The van der Waals surface area contributed by atoms with Crippen LogP contribution < -0.4 is 10.1 Å². The third kappa shape index (κ3) is 3.95. The molecule has 7 heteroatoms. The van der Waals surface area contributed by atoms with Crippen molar-refractivity contribution in [2.24, 2.45) is 7.05 Å². The lowest BCUT2D eigenvalue weighted by molar-refractivity contribution is -0.116. The zero-order valence-electron chi connectivity index (χ0n) is 12.9. The summed E-state index contributed by atoms with van der Waals surface area (Å²) in [6, 6.07) is 8.66. The minimum Gasteiger partial charge on any atom is -0.497 e. The maximum absolute atomic E-state index is 12.1. The number of rotatable bonds is 6. The second kappa shape index (κ2) is 7.22. The maximum Gasteiger partial charge on any atom is 0.226 e. The van der Waals surface area contributed by atoms with Crippen LogP contribution in [0.4, 0.5) is 5.82 Å². The van der Waals surface area contributed by atoms with E-state index in [0.717, 1.165) is 0 Å². The van der Waals surface area contributed by atoms with Crippen LogP contribution in [-0.2, 0) is 11.8 Å². The van der Waals surface area contributed by atoms with E-state index in [9.17, 15) is 9.59 Å². The number of anilines is 1. The number of aromatic nitrogens is 2. The minimum absolute atomic E-state index is 0.0287. The van der Waals surface area contributed by atoms with Crippen molar-refractivity contribution >= 4 is 17.5 Å². The largest absolute Gasteiger partial charge is 0.497 e. The van der Waals surface area contributed by atoms with Crippen LogP contribution in [0.15, 0.2) is 30.5 Å². The summed E-state index contributed by atoms with van der Waals surface area (Å²) in [7, 11) is 3.17. The Balaban J connectivity index is 1.92. The molecule has 1 aromatic heterocycles. The van der Waals surface area contributed by atoms with E-state index in [1.54, 1.807) is 38.4 Å². The van der Waals surface area contributed by atoms with Crippen LogP contribution in [0.3, 0.4) is 0 Å². The summed E-state index contributed by atoms with van der Waals surface area (Å²) >= 11 is 0. The number of carbonyl (C=O) groups excluding carboxylic acids is 2. The lowest BCUT2D eigenvalue weighted by atomic mass is 10.1. The Bertz CT molecular complexity index is 757. The smallest absolute Gasteiger partial charge is 0.226 e.